The van der Waals surface area contributed by atoms with Crippen LogP contribution in [0.5, 0.6) is 11.5 Å². The number of fused-ring (bicyclic) bond motifs is 1. The SMILES string of the molecule is Clc1cnccc1N1CCCC1c1ccc2c(c1)OCO2. The minimum absolute atomic E-state index is 0.309. The lowest BCUT2D eigenvalue weighted by atomic mass is 10.0. The van der Waals surface area contributed by atoms with E-state index >= 15 is 0 Å². The number of aromatic nitrogens is 1. The van der Waals surface area contributed by atoms with E-state index in [0.29, 0.717) is 17.9 Å². The van der Waals surface area contributed by atoms with Crippen molar-refractivity contribution in [3.63, 3.8) is 0 Å². The molecule has 0 N–H and O–H groups in total. The lowest BCUT2D eigenvalue weighted by molar-refractivity contribution is 0.174. The van der Waals surface area contributed by atoms with Gasteiger partial charge in [0, 0.05) is 18.9 Å². The number of halogens is 1. The molecule has 1 aromatic heterocycles. The standard InChI is InChI=1S/C16H15ClN2O2/c17-12-9-18-6-5-14(12)19-7-1-2-13(19)11-3-4-15-16(8-11)21-10-20-15/h3-6,8-9,13H,1-2,7,10H2. The number of nitrogens with zero attached hydrogens (tertiary/aromatic N) is 2. The van der Waals surface area contributed by atoms with Crippen molar-refractivity contribution in [2.45, 2.75) is 18.9 Å². The van der Waals surface area contributed by atoms with E-state index in [0.717, 1.165) is 36.6 Å². The Morgan fingerprint density at radius 3 is 3.00 bits per heavy atom. The third-order valence-corrected chi connectivity index (χ3v) is 4.39. The molecule has 4 rings (SSSR count). The van der Waals surface area contributed by atoms with E-state index in [1.807, 2.05) is 12.1 Å². The molecular weight excluding hydrogens is 288 g/mol. The first-order chi connectivity index (χ1) is 10.3. The molecule has 0 saturated carbocycles. The Labute approximate surface area is 128 Å². The first-order valence-electron chi connectivity index (χ1n) is 7.08. The predicted octanol–water partition coefficient (Wildman–Crippen LogP) is 3.81. The smallest absolute Gasteiger partial charge is 0.231 e. The van der Waals surface area contributed by atoms with Crippen LogP contribution in [-0.4, -0.2) is 18.3 Å². The average molecular weight is 303 g/mol. The van der Waals surface area contributed by atoms with E-state index in [9.17, 15) is 0 Å². The lowest BCUT2D eigenvalue weighted by Crippen LogP contribution is -2.22. The van der Waals surface area contributed by atoms with Crippen LogP contribution in [0.2, 0.25) is 5.02 Å². The van der Waals surface area contributed by atoms with E-state index in [-0.39, 0.29) is 0 Å². The number of hydrogen-bond acceptors (Lipinski definition) is 4. The summed E-state index contributed by atoms with van der Waals surface area (Å²) in [5.41, 5.74) is 2.29. The first kappa shape index (κ1) is 12.8. The summed E-state index contributed by atoms with van der Waals surface area (Å²) in [5, 5.41) is 0.699. The highest BCUT2D eigenvalue weighted by Crippen LogP contribution is 2.42. The summed E-state index contributed by atoms with van der Waals surface area (Å²) in [7, 11) is 0. The quantitative estimate of drug-likeness (QED) is 0.845. The number of ether oxygens (including phenoxy) is 2. The van der Waals surface area contributed by atoms with Crippen LogP contribution >= 0.6 is 11.6 Å². The molecule has 4 nitrogen and oxygen atoms in total. The van der Waals surface area contributed by atoms with Crippen molar-refractivity contribution in [2.75, 3.05) is 18.2 Å². The van der Waals surface area contributed by atoms with Crippen LogP contribution in [0.3, 0.4) is 0 Å². The van der Waals surface area contributed by atoms with E-state index < -0.39 is 0 Å². The minimum Gasteiger partial charge on any atom is -0.454 e. The molecule has 108 valence electrons. The van der Waals surface area contributed by atoms with Gasteiger partial charge in [0.25, 0.3) is 0 Å². The molecular formula is C16H15ClN2O2. The fourth-order valence-electron chi connectivity index (χ4n) is 3.12. The van der Waals surface area contributed by atoms with Gasteiger partial charge in [-0.15, -0.1) is 0 Å². The number of rotatable bonds is 2. The van der Waals surface area contributed by atoms with Crippen LogP contribution < -0.4 is 14.4 Å². The van der Waals surface area contributed by atoms with Gasteiger partial charge in [-0.05, 0) is 36.6 Å². The molecule has 2 aliphatic heterocycles. The van der Waals surface area contributed by atoms with Gasteiger partial charge >= 0.3 is 0 Å². The predicted molar refractivity (Wildman–Crippen MR) is 81.1 cm³/mol. The average Bonchev–Trinajstić information content (AvgIpc) is 3.15. The second-order valence-corrected chi connectivity index (χ2v) is 5.70. The number of pyridine rings is 1. The summed E-state index contributed by atoms with van der Waals surface area (Å²) in [6.45, 7) is 1.31. The van der Waals surface area contributed by atoms with Gasteiger partial charge < -0.3 is 14.4 Å². The van der Waals surface area contributed by atoms with Crippen molar-refractivity contribution in [2.24, 2.45) is 0 Å². The largest absolute Gasteiger partial charge is 0.454 e. The van der Waals surface area contributed by atoms with E-state index in [1.54, 1.807) is 12.4 Å². The van der Waals surface area contributed by atoms with Crippen molar-refractivity contribution < 1.29 is 9.47 Å². The molecule has 0 spiro atoms. The minimum atomic E-state index is 0.309. The molecule has 1 saturated heterocycles. The van der Waals surface area contributed by atoms with Crippen LogP contribution in [0.1, 0.15) is 24.4 Å². The highest BCUT2D eigenvalue weighted by atomic mass is 35.5. The molecule has 5 heteroatoms. The van der Waals surface area contributed by atoms with Crippen LogP contribution in [-0.2, 0) is 0 Å². The van der Waals surface area contributed by atoms with Gasteiger partial charge in [-0.1, -0.05) is 17.7 Å². The van der Waals surface area contributed by atoms with Gasteiger partial charge in [-0.2, -0.15) is 0 Å². The third-order valence-electron chi connectivity index (χ3n) is 4.09. The monoisotopic (exact) mass is 302 g/mol. The molecule has 0 aliphatic carbocycles. The van der Waals surface area contributed by atoms with Crippen molar-refractivity contribution in [3.05, 3.63) is 47.2 Å². The molecule has 0 radical (unpaired) electrons. The van der Waals surface area contributed by atoms with E-state index in [4.69, 9.17) is 21.1 Å². The van der Waals surface area contributed by atoms with Gasteiger partial charge in [0.05, 0.1) is 16.8 Å². The summed E-state index contributed by atoms with van der Waals surface area (Å²) in [5.74, 6) is 1.66. The summed E-state index contributed by atoms with van der Waals surface area (Å²) in [4.78, 5) is 6.41. The molecule has 1 aromatic carbocycles. The van der Waals surface area contributed by atoms with Crippen LogP contribution in [0.15, 0.2) is 36.7 Å². The molecule has 21 heavy (non-hydrogen) atoms. The van der Waals surface area contributed by atoms with Crippen LogP contribution in [0.25, 0.3) is 0 Å². The third kappa shape index (κ3) is 2.20. The maximum Gasteiger partial charge on any atom is 0.231 e. The second kappa shape index (κ2) is 5.11. The highest BCUT2D eigenvalue weighted by molar-refractivity contribution is 6.33. The van der Waals surface area contributed by atoms with Crippen molar-refractivity contribution in [1.82, 2.24) is 4.98 Å². The number of anilines is 1. The summed E-state index contributed by atoms with van der Waals surface area (Å²) >= 11 is 6.30. The second-order valence-electron chi connectivity index (χ2n) is 5.29. The number of hydrogen-bond donors (Lipinski definition) is 0. The Hall–Kier alpha value is -1.94. The van der Waals surface area contributed by atoms with Crippen LogP contribution in [0, 0.1) is 0 Å². The zero-order valence-corrected chi connectivity index (χ0v) is 12.2. The summed E-state index contributed by atoms with van der Waals surface area (Å²) < 4.78 is 10.9. The Bertz CT molecular complexity index is 677. The van der Waals surface area contributed by atoms with Gasteiger partial charge in [-0.25, -0.2) is 0 Å². The molecule has 2 aromatic rings. The lowest BCUT2D eigenvalue weighted by Gasteiger charge is -2.28. The van der Waals surface area contributed by atoms with Gasteiger partial charge in [-0.3, -0.25) is 4.98 Å². The fourth-order valence-corrected chi connectivity index (χ4v) is 3.35. The Kier molecular flexibility index (Phi) is 3.11. The molecule has 2 aliphatic rings. The van der Waals surface area contributed by atoms with E-state index in [1.165, 1.54) is 5.56 Å². The topological polar surface area (TPSA) is 34.6 Å². The Morgan fingerprint density at radius 2 is 2.10 bits per heavy atom. The normalized spacial score (nSPS) is 20.0. The first-order valence-corrected chi connectivity index (χ1v) is 7.46. The number of benzene rings is 1. The fraction of sp³-hybridized carbons (Fsp3) is 0.312. The molecule has 0 bridgehead atoms. The zero-order valence-electron chi connectivity index (χ0n) is 11.5. The molecule has 1 atom stereocenters. The molecule has 0 amide bonds. The Morgan fingerprint density at radius 1 is 1.19 bits per heavy atom. The van der Waals surface area contributed by atoms with Gasteiger partial charge in [0.1, 0.15) is 0 Å². The van der Waals surface area contributed by atoms with E-state index in [2.05, 4.69) is 22.0 Å². The molecule has 3 heterocycles. The highest BCUT2D eigenvalue weighted by Gasteiger charge is 2.28. The maximum atomic E-state index is 6.30. The van der Waals surface area contributed by atoms with Crippen molar-refractivity contribution in [1.29, 1.82) is 0 Å². The zero-order chi connectivity index (χ0) is 14.2. The summed E-state index contributed by atoms with van der Waals surface area (Å²) in [6.07, 6.45) is 5.75. The summed E-state index contributed by atoms with van der Waals surface area (Å²) in [6, 6.07) is 8.49. The molecule has 1 fully saturated rings. The molecule has 1 unspecified atom stereocenters. The Balaban J connectivity index is 1.69. The van der Waals surface area contributed by atoms with Crippen LogP contribution in [0.4, 0.5) is 5.69 Å². The maximum absolute atomic E-state index is 6.30. The van der Waals surface area contributed by atoms with Crippen molar-refractivity contribution in [3.8, 4) is 11.5 Å². The van der Waals surface area contributed by atoms with Crippen molar-refractivity contribution >= 4 is 17.3 Å². The van der Waals surface area contributed by atoms with Gasteiger partial charge in [0.2, 0.25) is 6.79 Å². The van der Waals surface area contributed by atoms with Gasteiger partial charge in [0.15, 0.2) is 11.5 Å².